The summed E-state index contributed by atoms with van der Waals surface area (Å²) in [4.78, 5) is 38.1. The maximum atomic E-state index is 12.8. The highest BCUT2D eigenvalue weighted by atomic mass is 16.6. The highest BCUT2D eigenvalue weighted by Crippen LogP contribution is 2.16. The van der Waals surface area contributed by atoms with E-state index >= 15 is 0 Å². The van der Waals surface area contributed by atoms with E-state index in [9.17, 15) is 14.4 Å². The molecule has 0 aromatic rings. The summed E-state index contributed by atoms with van der Waals surface area (Å²) in [6.45, 7) is 6.66. The highest BCUT2D eigenvalue weighted by Gasteiger charge is 2.19. The van der Waals surface area contributed by atoms with Gasteiger partial charge in [-0.25, -0.2) is 0 Å². The molecule has 66 heavy (non-hydrogen) atoms. The van der Waals surface area contributed by atoms with E-state index in [-0.39, 0.29) is 31.1 Å². The maximum Gasteiger partial charge on any atom is 0.306 e. The Labute approximate surface area is 411 Å². The molecule has 0 N–H and O–H groups in total. The van der Waals surface area contributed by atoms with Gasteiger partial charge in [-0.3, -0.25) is 14.4 Å². The second kappa shape index (κ2) is 55.5. The van der Waals surface area contributed by atoms with Crippen molar-refractivity contribution in [2.45, 2.75) is 329 Å². The van der Waals surface area contributed by atoms with E-state index < -0.39 is 6.10 Å². The molecular formula is C60H112O6. The molecule has 0 amide bonds. The fourth-order valence-corrected chi connectivity index (χ4v) is 8.73. The van der Waals surface area contributed by atoms with Crippen LogP contribution in [0.15, 0.2) is 24.3 Å². The fourth-order valence-electron chi connectivity index (χ4n) is 8.73. The first-order valence-electron chi connectivity index (χ1n) is 29.3. The van der Waals surface area contributed by atoms with Crippen LogP contribution >= 0.6 is 0 Å². The number of carbonyl (C=O) groups excluding carboxylic acids is 3. The first-order valence-corrected chi connectivity index (χ1v) is 29.3. The molecule has 1 atom stereocenters. The third-order valence-electron chi connectivity index (χ3n) is 13.2. The minimum Gasteiger partial charge on any atom is -0.462 e. The van der Waals surface area contributed by atoms with Crippen molar-refractivity contribution in [1.29, 1.82) is 0 Å². The lowest BCUT2D eigenvalue weighted by Gasteiger charge is -2.18. The van der Waals surface area contributed by atoms with Crippen molar-refractivity contribution in [3.63, 3.8) is 0 Å². The van der Waals surface area contributed by atoms with Crippen LogP contribution in [0, 0.1) is 0 Å². The predicted molar refractivity (Wildman–Crippen MR) is 284 cm³/mol. The van der Waals surface area contributed by atoms with Gasteiger partial charge in [0.25, 0.3) is 0 Å². The van der Waals surface area contributed by atoms with Crippen molar-refractivity contribution >= 4 is 17.9 Å². The summed E-state index contributed by atoms with van der Waals surface area (Å²) in [5.74, 6) is -0.862. The Morgan fingerprint density at radius 1 is 0.288 bits per heavy atom. The summed E-state index contributed by atoms with van der Waals surface area (Å²) in [5, 5.41) is 0. The number of ether oxygens (including phenoxy) is 3. The second-order valence-corrected chi connectivity index (χ2v) is 19.9. The summed E-state index contributed by atoms with van der Waals surface area (Å²) in [5.41, 5.74) is 0. The molecule has 0 radical (unpaired) electrons. The summed E-state index contributed by atoms with van der Waals surface area (Å²) in [6.07, 6.45) is 64.6. The molecule has 0 rings (SSSR count). The first kappa shape index (κ1) is 63.9. The van der Waals surface area contributed by atoms with Crippen molar-refractivity contribution in [2.24, 2.45) is 0 Å². The molecular weight excluding hydrogens is 817 g/mol. The van der Waals surface area contributed by atoms with Crippen LogP contribution in [0.2, 0.25) is 0 Å². The summed E-state index contributed by atoms with van der Waals surface area (Å²) < 4.78 is 16.8. The number of carbonyl (C=O) groups is 3. The van der Waals surface area contributed by atoms with Gasteiger partial charge in [0, 0.05) is 19.3 Å². The lowest BCUT2D eigenvalue weighted by atomic mass is 10.0. The van der Waals surface area contributed by atoms with Crippen LogP contribution in [0.3, 0.4) is 0 Å². The summed E-state index contributed by atoms with van der Waals surface area (Å²) >= 11 is 0. The van der Waals surface area contributed by atoms with Gasteiger partial charge in [0.2, 0.25) is 0 Å². The van der Waals surface area contributed by atoms with Gasteiger partial charge in [-0.2, -0.15) is 0 Å². The average molecular weight is 930 g/mol. The van der Waals surface area contributed by atoms with Gasteiger partial charge in [-0.15, -0.1) is 0 Å². The maximum absolute atomic E-state index is 12.8. The van der Waals surface area contributed by atoms with Crippen molar-refractivity contribution in [1.82, 2.24) is 0 Å². The summed E-state index contributed by atoms with van der Waals surface area (Å²) in [6, 6.07) is 0. The third kappa shape index (κ3) is 52.9. The fraction of sp³-hybridized carbons (Fsp3) is 0.883. The Morgan fingerprint density at radius 2 is 0.500 bits per heavy atom. The van der Waals surface area contributed by atoms with Gasteiger partial charge < -0.3 is 14.2 Å². The molecule has 0 aromatic carbocycles. The number of hydrogen-bond acceptors (Lipinski definition) is 6. The molecule has 0 bridgehead atoms. The first-order chi connectivity index (χ1) is 32.5. The molecule has 0 aliphatic carbocycles. The number of allylic oxidation sites excluding steroid dienone is 4. The van der Waals surface area contributed by atoms with E-state index in [4.69, 9.17) is 14.2 Å². The average Bonchev–Trinajstić information content (AvgIpc) is 3.31. The molecule has 0 saturated carbocycles. The molecule has 0 aromatic heterocycles. The van der Waals surface area contributed by atoms with Gasteiger partial charge in [0.15, 0.2) is 6.10 Å². The normalized spacial score (nSPS) is 12.1. The van der Waals surface area contributed by atoms with E-state index in [1.807, 2.05) is 0 Å². The molecule has 0 heterocycles. The van der Waals surface area contributed by atoms with Crippen molar-refractivity contribution in [3.8, 4) is 0 Å². The zero-order chi connectivity index (χ0) is 47.9. The third-order valence-corrected chi connectivity index (χ3v) is 13.2. The predicted octanol–water partition coefficient (Wildman–Crippen LogP) is 19.5. The Balaban J connectivity index is 4.22. The van der Waals surface area contributed by atoms with Crippen LogP contribution in [0.1, 0.15) is 323 Å². The SMILES string of the molecule is CCCCCCC/C=C\CCCCCCCC(=O)OC(COC(=O)CCCCCCCCCCCCC)COC(=O)CCCCCCCCCCCCC/C=C\CCCCCCCCCC. The Kier molecular flexibility index (Phi) is 53.7. The van der Waals surface area contributed by atoms with Gasteiger partial charge >= 0.3 is 17.9 Å². The molecule has 0 aliphatic heterocycles. The number of rotatable bonds is 54. The van der Waals surface area contributed by atoms with Gasteiger partial charge in [0.05, 0.1) is 0 Å². The zero-order valence-electron chi connectivity index (χ0n) is 44.5. The standard InChI is InChI=1S/C60H112O6/c1-4-7-10-13-16-19-22-24-26-27-28-29-30-31-32-33-34-36-38-41-44-47-50-53-59(62)65-56-57(55-64-58(61)52-49-46-43-40-37-21-18-15-12-9-6-3)66-60(63)54-51-48-45-42-39-35-25-23-20-17-14-11-8-5-2/h23,25,27-28,57H,4-22,24,26,29-56H2,1-3H3/b25-23-,28-27-. The van der Waals surface area contributed by atoms with Crippen LogP contribution in [-0.2, 0) is 28.6 Å². The van der Waals surface area contributed by atoms with Crippen LogP contribution < -0.4 is 0 Å². The van der Waals surface area contributed by atoms with E-state index in [0.29, 0.717) is 19.3 Å². The van der Waals surface area contributed by atoms with Crippen LogP contribution in [0.25, 0.3) is 0 Å². The smallest absolute Gasteiger partial charge is 0.306 e. The van der Waals surface area contributed by atoms with Crippen LogP contribution in [-0.4, -0.2) is 37.2 Å². The largest absolute Gasteiger partial charge is 0.462 e. The van der Waals surface area contributed by atoms with Gasteiger partial charge in [0.1, 0.15) is 13.2 Å². The molecule has 0 aliphatic rings. The summed E-state index contributed by atoms with van der Waals surface area (Å²) in [7, 11) is 0. The minimum absolute atomic E-state index is 0.0705. The monoisotopic (exact) mass is 929 g/mol. The number of unbranched alkanes of at least 4 members (excludes halogenated alkanes) is 39. The Bertz CT molecular complexity index is 1070. The quantitative estimate of drug-likeness (QED) is 0.0262. The lowest BCUT2D eigenvalue weighted by molar-refractivity contribution is -0.167. The van der Waals surface area contributed by atoms with Crippen molar-refractivity contribution < 1.29 is 28.6 Å². The molecule has 0 spiro atoms. The topological polar surface area (TPSA) is 78.9 Å². The molecule has 0 saturated heterocycles. The highest BCUT2D eigenvalue weighted by molar-refractivity contribution is 5.71. The molecule has 388 valence electrons. The van der Waals surface area contributed by atoms with Crippen LogP contribution in [0.5, 0.6) is 0 Å². The van der Waals surface area contributed by atoms with Crippen molar-refractivity contribution in [2.75, 3.05) is 13.2 Å². The van der Waals surface area contributed by atoms with Crippen LogP contribution in [0.4, 0.5) is 0 Å². The Hall–Kier alpha value is -2.11. The van der Waals surface area contributed by atoms with E-state index in [1.165, 1.54) is 218 Å². The van der Waals surface area contributed by atoms with E-state index in [2.05, 4.69) is 45.1 Å². The minimum atomic E-state index is -0.771. The van der Waals surface area contributed by atoms with Crippen molar-refractivity contribution in [3.05, 3.63) is 24.3 Å². The molecule has 6 nitrogen and oxygen atoms in total. The van der Waals surface area contributed by atoms with E-state index in [0.717, 1.165) is 64.2 Å². The number of esters is 3. The van der Waals surface area contributed by atoms with Gasteiger partial charge in [-0.1, -0.05) is 257 Å². The lowest BCUT2D eigenvalue weighted by Crippen LogP contribution is -2.30. The van der Waals surface area contributed by atoms with Gasteiger partial charge in [-0.05, 0) is 70.6 Å². The Morgan fingerprint density at radius 3 is 0.758 bits per heavy atom. The molecule has 1 unspecified atom stereocenters. The number of hydrogen-bond donors (Lipinski definition) is 0. The second-order valence-electron chi connectivity index (χ2n) is 19.9. The molecule has 6 heteroatoms. The zero-order valence-corrected chi connectivity index (χ0v) is 44.5. The van der Waals surface area contributed by atoms with E-state index in [1.54, 1.807) is 0 Å². The molecule has 0 fully saturated rings.